The van der Waals surface area contributed by atoms with Crippen LogP contribution in [0, 0.1) is 11.3 Å². The van der Waals surface area contributed by atoms with E-state index in [1.54, 1.807) is 24.3 Å². The number of nitrogens with zero attached hydrogens (tertiary/aromatic N) is 1. The standard InChI is InChI=1S/C15H19F2NSi/c1-4-19(5-2,6-3)14(15(16)17)13-9-7-12(11-18)8-10-13/h7-10H,4-6H2,1-3H3. The topological polar surface area (TPSA) is 23.8 Å². The van der Waals surface area contributed by atoms with Gasteiger partial charge in [0.15, 0.2) is 0 Å². The van der Waals surface area contributed by atoms with Crippen LogP contribution in [0.1, 0.15) is 31.9 Å². The lowest BCUT2D eigenvalue weighted by Gasteiger charge is -2.30. The van der Waals surface area contributed by atoms with Crippen LogP contribution in [0.25, 0.3) is 5.20 Å². The molecule has 0 spiro atoms. The lowest BCUT2D eigenvalue weighted by Crippen LogP contribution is -2.34. The molecular weight excluding hydrogens is 260 g/mol. The SMILES string of the molecule is CC[Si](CC)(CC)C(=C(F)F)c1ccc(C#N)cc1. The Hall–Kier alpha value is -1.47. The van der Waals surface area contributed by atoms with E-state index in [-0.39, 0.29) is 5.20 Å². The number of rotatable bonds is 5. The highest BCUT2D eigenvalue weighted by Crippen LogP contribution is 2.38. The summed E-state index contributed by atoms with van der Waals surface area (Å²) in [4.78, 5) is 0. The third-order valence-corrected chi connectivity index (χ3v) is 9.65. The Bertz CT molecular complexity index is 484. The summed E-state index contributed by atoms with van der Waals surface area (Å²) in [6.45, 7) is 6.02. The third-order valence-electron chi connectivity index (χ3n) is 4.05. The molecule has 1 aromatic carbocycles. The zero-order chi connectivity index (χ0) is 14.5. The Morgan fingerprint density at radius 1 is 1.05 bits per heavy atom. The van der Waals surface area contributed by atoms with E-state index >= 15 is 0 Å². The summed E-state index contributed by atoms with van der Waals surface area (Å²) >= 11 is 0. The van der Waals surface area contributed by atoms with Crippen LogP contribution in [0.2, 0.25) is 18.1 Å². The van der Waals surface area contributed by atoms with Gasteiger partial charge in [-0.25, -0.2) is 0 Å². The highest BCUT2D eigenvalue weighted by molar-refractivity contribution is 6.96. The highest BCUT2D eigenvalue weighted by Gasteiger charge is 2.35. The van der Waals surface area contributed by atoms with Gasteiger partial charge in [-0.1, -0.05) is 51.0 Å². The Balaban J connectivity index is 3.37. The summed E-state index contributed by atoms with van der Waals surface area (Å²) in [5.74, 6) is 0. The van der Waals surface area contributed by atoms with Gasteiger partial charge in [-0.15, -0.1) is 0 Å². The van der Waals surface area contributed by atoms with Crippen molar-refractivity contribution in [2.75, 3.05) is 0 Å². The largest absolute Gasteiger partial charge is 0.270 e. The maximum Gasteiger partial charge on any atom is 0.270 e. The molecule has 0 N–H and O–H groups in total. The van der Waals surface area contributed by atoms with Crippen LogP contribution in [0.5, 0.6) is 0 Å². The minimum absolute atomic E-state index is 0.268. The molecule has 0 aromatic heterocycles. The molecule has 0 aliphatic heterocycles. The summed E-state index contributed by atoms with van der Waals surface area (Å²) in [5.41, 5.74) is 1.08. The smallest absolute Gasteiger partial charge is 0.192 e. The van der Waals surface area contributed by atoms with Crippen LogP contribution in [0.15, 0.2) is 30.3 Å². The zero-order valence-electron chi connectivity index (χ0n) is 11.6. The second-order valence-corrected chi connectivity index (χ2v) is 9.85. The molecule has 102 valence electrons. The van der Waals surface area contributed by atoms with E-state index in [9.17, 15) is 8.78 Å². The molecular formula is C15H19F2NSi. The fourth-order valence-corrected chi connectivity index (χ4v) is 6.35. The number of halogens is 2. The first kappa shape index (κ1) is 15.6. The zero-order valence-corrected chi connectivity index (χ0v) is 12.6. The van der Waals surface area contributed by atoms with Crippen molar-refractivity contribution in [2.24, 2.45) is 0 Å². The van der Waals surface area contributed by atoms with Crippen LogP contribution in [-0.4, -0.2) is 8.07 Å². The molecule has 0 saturated heterocycles. The van der Waals surface area contributed by atoms with E-state index in [0.29, 0.717) is 11.1 Å². The van der Waals surface area contributed by atoms with Gasteiger partial charge in [0.1, 0.15) is 0 Å². The van der Waals surface area contributed by atoms with Crippen LogP contribution >= 0.6 is 0 Å². The van der Waals surface area contributed by atoms with Crippen molar-refractivity contribution in [1.29, 1.82) is 5.26 Å². The molecule has 0 heterocycles. The van der Waals surface area contributed by atoms with E-state index in [1.807, 2.05) is 26.8 Å². The van der Waals surface area contributed by atoms with Crippen molar-refractivity contribution in [3.63, 3.8) is 0 Å². The summed E-state index contributed by atoms with van der Waals surface area (Å²) in [5, 5.41) is 9.04. The number of hydrogen-bond donors (Lipinski definition) is 0. The molecule has 1 rings (SSSR count). The van der Waals surface area contributed by atoms with Crippen molar-refractivity contribution < 1.29 is 8.78 Å². The second-order valence-electron chi connectivity index (χ2n) is 4.67. The minimum Gasteiger partial charge on any atom is -0.192 e. The predicted octanol–water partition coefficient (Wildman–Crippen LogP) is 5.21. The molecule has 0 unspecified atom stereocenters. The molecule has 0 saturated carbocycles. The van der Waals surface area contributed by atoms with Gasteiger partial charge in [-0.05, 0) is 17.7 Å². The first-order chi connectivity index (χ1) is 9.04. The monoisotopic (exact) mass is 279 g/mol. The molecule has 0 fully saturated rings. The minimum atomic E-state index is -2.13. The second kappa shape index (κ2) is 6.62. The molecule has 19 heavy (non-hydrogen) atoms. The summed E-state index contributed by atoms with van der Waals surface area (Å²) in [6, 6.07) is 11.0. The number of hydrogen-bond acceptors (Lipinski definition) is 1. The van der Waals surface area contributed by atoms with Gasteiger partial charge >= 0.3 is 0 Å². The van der Waals surface area contributed by atoms with Crippen LogP contribution in [0.4, 0.5) is 8.78 Å². The van der Waals surface area contributed by atoms with Crippen molar-refractivity contribution in [3.05, 3.63) is 41.5 Å². The van der Waals surface area contributed by atoms with Gasteiger partial charge in [0.05, 0.1) is 19.7 Å². The first-order valence-corrected chi connectivity index (χ1v) is 9.23. The van der Waals surface area contributed by atoms with E-state index in [4.69, 9.17) is 5.26 Å². The normalized spacial score (nSPS) is 10.9. The van der Waals surface area contributed by atoms with Gasteiger partial charge in [-0.2, -0.15) is 14.0 Å². The number of benzene rings is 1. The molecule has 1 nitrogen and oxygen atoms in total. The van der Waals surface area contributed by atoms with Crippen molar-refractivity contribution in [1.82, 2.24) is 0 Å². The molecule has 0 aliphatic carbocycles. The quantitative estimate of drug-likeness (QED) is 0.678. The number of nitriles is 1. The van der Waals surface area contributed by atoms with Crippen molar-refractivity contribution in [3.8, 4) is 6.07 Å². The van der Waals surface area contributed by atoms with Gasteiger partial charge in [0.2, 0.25) is 0 Å². The Morgan fingerprint density at radius 2 is 1.53 bits per heavy atom. The van der Waals surface area contributed by atoms with Crippen molar-refractivity contribution in [2.45, 2.75) is 38.9 Å². The molecule has 0 radical (unpaired) electrons. The van der Waals surface area contributed by atoms with Crippen LogP contribution in [0.3, 0.4) is 0 Å². The average Bonchev–Trinajstić information content (AvgIpc) is 2.45. The van der Waals surface area contributed by atoms with Crippen molar-refractivity contribution >= 4 is 13.3 Å². The van der Waals surface area contributed by atoms with Gasteiger partial charge in [0, 0.05) is 5.20 Å². The Morgan fingerprint density at radius 3 is 1.84 bits per heavy atom. The van der Waals surface area contributed by atoms with Gasteiger partial charge < -0.3 is 0 Å². The highest BCUT2D eigenvalue weighted by atomic mass is 28.3. The fourth-order valence-electron chi connectivity index (χ4n) is 2.61. The molecule has 1 aromatic rings. The fraction of sp³-hybridized carbons (Fsp3) is 0.400. The molecule has 4 heteroatoms. The van der Waals surface area contributed by atoms with E-state index in [2.05, 4.69) is 0 Å². The summed E-state index contributed by atoms with van der Waals surface area (Å²) in [7, 11) is -2.13. The molecule has 0 aliphatic rings. The molecule has 0 bridgehead atoms. The predicted molar refractivity (Wildman–Crippen MR) is 77.5 cm³/mol. The first-order valence-electron chi connectivity index (χ1n) is 6.60. The summed E-state index contributed by atoms with van der Waals surface area (Å²) in [6.07, 6.45) is -1.55. The third kappa shape index (κ3) is 3.10. The lowest BCUT2D eigenvalue weighted by atomic mass is 10.1. The average molecular weight is 279 g/mol. The Kier molecular flexibility index (Phi) is 5.43. The van der Waals surface area contributed by atoms with E-state index in [0.717, 1.165) is 18.1 Å². The van der Waals surface area contributed by atoms with Gasteiger partial charge in [0.25, 0.3) is 6.08 Å². The molecule has 0 amide bonds. The maximum atomic E-state index is 13.5. The van der Waals surface area contributed by atoms with Crippen LogP contribution in [-0.2, 0) is 0 Å². The van der Waals surface area contributed by atoms with Gasteiger partial charge in [-0.3, -0.25) is 0 Å². The van der Waals surface area contributed by atoms with Crippen LogP contribution < -0.4 is 0 Å². The summed E-state index contributed by atoms with van der Waals surface area (Å²) < 4.78 is 26.9. The maximum absolute atomic E-state index is 13.5. The van der Waals surface area contributed by atoms with E-state index < -0.39 is 14.2 Å². The lowest BCUT2D eigenvalue weighted by molar-refractivity contribution is 0.427. The Labute approximate surface area is 114 Å². The van der Waals surface area contributed by atoms with E-state index in [1.165, 1.54) is 0 Å². The molecule has 0 atom stereocenters.